The van der Waals surface area contributed by atoms with E-state index in [1.54, 1.807) is 0 Å². The zero-order valence-electron chi connectivity index (χ0n) is 16.6. The molecule has 0 aromatic heterocycles. The largest absolute Gasteiger partial charge is 0.445 e. The summed E-state index contributed by atoms with van der Waals surface area (Å²) < 4.78 is 5.43. The second-order valence-corrected chi connectivity index (χ2v) is 7.07. The normalized spacial score (nSPS) is 13.1. The first-order valence-corrected chi connectivity index (χ1v) is 9.50. The van der Waals surface area contributed by atoms with Gasteiger partial charge in [0.05, 0.1) is 18.7 Å². The Kier molecular flexibility index (Phi) is 10.4. The Balaban J connectivity index is 2.80. The number of amides is 2. The zero-order valence-corrected chi connectivity index (χ0v) is 16.6. The van der Waals surface area contributed by atoms with E-state index in [1.165, 1.54) is 4.90 Å². The van der Waals surface area contributed by atoms with Crippen LogP contribution in [0.3, 0.4) is 0 Å². The van der Waals surface area contributed by atoms with Gasteiger partial charge in [-0.15, -0.1) is 0 Å². The van der Waals surface area contributed by atoms with Crippen LogP contribution in [0.5, 0.6) is 0 Å². The Morgan fingerprint density at radius 2 is 1.89 bits per heavy atom. The van der Waals surface area contributed by atoms with Crippen LogP contribution < -0.4 is 11.1 Å². The van der Waals surface area contributed by atoms with Crippen molar-refractivity contribution in [2.75, 3.05) is 19.6 Å². The highest BCUT2D eigenvalue weighted by Crippen LogP contribution is 2.10. The van der Waals surface area contributed by atoms with Gasteiger partial charge in [0.2, 0.25) is 5.91 Å². The molecule has 1 aromatic rings. The number of carbonyl (C=O) groups is 2. The molecule has 0 saturated carbocycles. The summed E-state index contributed by atoms with van der Waals surface area (Å²) in [4.78, 5) is 25.9. The third-order valence-corrected chi connectivity index (χ3v) is 4.05. The fraction of sp³-hybridized carbons (Fsp3) is 0.600. The molecule has 0 radical (unpaired) electrons. The number of ether oxygens (including phenoxy) is 1. The lowest BCUT2D eigenvalue weighted by Crippen LogP contribution is -2.53. The van der Waals surface area contributed by atoms with Gasteiger partial charge in [0.1, 0.15) is 6.61 Å². The molecule has 1 aromatic carbocycles. The van der Waals surface area contributed by atoms with Gasteiger partial charge in [0.15, 0.2) is 0 Å². The standard InChI is InChI=1S/C20H33N3O4/c1-4-8-18(24)17(22-19(25)11-21)13-23(12-15(2)3)20(26)27-14-16-9-6-5-7-10-16/h5-7,9-10,15,17-18,24H,4,8,11-14,21H2,1-3H3,(H,22,25)/t17-,18-/m0/s1. The molecular formula is C20H33N3O4. The van der Waals surface area contributed by atoms with E-state index >= 15 is 0 Å². The van der Waals surface area contributed by atoms with Crippen molar-refractivity contribution in [3.8, 4) is 0 Å². The molecule has 0 aliphatic rings. The summed E-state index contributed by atoms with van der Waals surface area (Å²) in [5.41, 5.74) is 6.28. The quantitative estimate of drug-likeness (QED) is 0.544. The highest BCUT2D eigenvalue weighted by molar-refractivity contribution is 5.78. The van der Waals surface area contributed by atoms with Crippen LogP contribution in [-0.2, 0) is 16.1 Å². The minimum absolute atomic E-state index is 0.165. The number of nitrogens with zero attached hydrogens (tertiary/aromatic N) is 1. The van der Waals surface area contributed by atoms with Crippen LogP contribution in [0.1, 0.15) is 39.2 Å². The van der Waals surface area contributed by atoms with Crippen LogP contribution in [0.15, 0.2) is 30.3 Å². The highest BCUT2D eigenvalue weighted by Gasteiger charge is 2.27. The predicted molar refractivity (Wildman–Crippen MR) is 105 cm³/mol. The molecule has 0 saturated heterocycles. The third-order valence-electron chi connectivity index (χ3n) is 4.05. The molecule has 0 heterocycles. The fourth-order valence-corrected chi connectivity index (χ4v) is 2.74. The van der Waals surface area contributed by atoms with Crippen LogP contribution in [0.4, 0.5) is 4.79 Å². The van der Waals surface area contributed by atoms with E-state index in [4.69, 9.17) is 10.5 Å². The molecule has 0 unspecified atom stereocenters. The Morgan fingerprint density at radius 3 is 2.44 bits per heavy atom. The van der Waals surface area contributed by atoms with Crippen molar-refractivity contribution in [1.29, 1.82) is 0 Å². The molecular weight excluding hydrogens is 346 g/mol. The Hall–Kier alpha value is -2.12. The minimum atomic E-state index is -0.762. The molecule has 1 rings (SSSR count). The van der Waals surface area contributed by atoms with Crippen molar-refractivity contribution in [2.24, 2.45) is 11.7 Å². The summed E-state index contributed by atoms with van der Waals surface area (Å²) >= 11 is 0. The summed E-state index contributed by atoms with van der Waals surface area (Å²) in [7, 11) is 0. The average Bonchev–Trinajstić information content (AvgIpc) is 2.65. The van der Waals surface area contributed by atoms with Crippen molar-refractivity contribution in [3.63, 3.8) is 0 Å². The van der Waals surface area contributed by atoms with E-state index in [0.717, 1.165) is 12.0 Å². The summed E-state index contributed by atoms with van der Waals surface area (Å²) in [6.45, 7) is 6.57. The molecule has 0 fully saturated rings. The molecule has 4 N–H and O–H groups in total. The molecule has 0 aliphatic carbocycles. The molecule has 7 heteroatoms. The van der Waals surface area contributed by atoms with Crippen LogP contribution in [-0.4, -0.2) is 53.8 Å². The van der Waals surface area contributed by atoms with Crippen molar-refractivity contribution in [2.45, 2.75) is 52.4 Å². The summed E-state index contributed by atoms with van der Waals surface area (Å²) in [6.07, 6.45) is 0.0495. The number of carbonyl (C=O) groups excluding carboxylic acids is 2. The Morgan fingerprint density at radius 1 is 1.22 bits per heavy atom. The van der Waals surface area contributed by atoms with E-state index in [-0.39, 0.29) is 31.5 Å². The third kappa shape index (κ3) is 8.88. The van der Waals surface area contributed by atoms with Gasteiger partial charge < -0.3 is 25.8 Å². The smallest absolute Gasteiger partial charge is 0.410 e. The number of nitrogens with two attached hydrogens (primary N) is 1. The molecule has 152 valence electrons. The average molecular weight is 380 g/mol. The molecule has 27 heavy (non-hydrogen) atoms. The topological polar surface area (TPSA) is 105 Å². The number of hydrogen-bond acceptors (Lipinski definition) is 5. The van der Waals surface area contributed by atoms with Crippen LogP contribution in [0.25, 0.3) is 0 Å². The van der Waals surface area contributed by atoms with Crippen molar-refractivity contribution in [1.82, 2.24) is 10.2 Å². The number of nitrogens with one attached hydrogen (secondary N) is 1. The first-order valence-electron chi connectivity index (χ1n) is 9.50. The molecule has 0 aliphatic heterocycles. The van der Waals surface area contributed by atoms with Crippen LogP contribution in [0, 0.1) is 5.92 Å². The van der Waals surface area contributed by atoms with Gasteiger partial charge in [-0.2, -0.15) is 0 Å². The fourth-order valence-electron chi connectivity index (χ4n) is 2.74. The zero-order chi connectivity index (χ0) is 20.2. The maximum Gasteiger partial charge on any atom is 0.410 e. The Bertz CT molecular complexity index is 566. The van der Waals surface area contributed by atoms with Crippen molar-refractivity contribution >= 4 is 12.0 Å². The molecule has 7 nitrogen and oxygen atoms in total. The number of benzene rings is 1. The maximum absolute atomic E-state index is 12.6. The van der Waals surface area contributed by atoms with E-state index in [2.05, 4.69) is 5.32 Å². The molecule has 0 spiro atoms. The summed E-state index contributed by atoms with van der Waals surface area (Å²) in [6, 6.07) is 8.84. The van der Waals surface area contributed by atoms with Gasteiger partial charge in [-0.3, -0.25) is 4.79 Å². The number of rotatable bonds is 11. The lowest BCUT2D eigenvalue weighted by atomic mass is 10.0. The Labute approximate surface area is 161 Å². The predicted octanol–water partition coefficient (Wildman–Crippen LogP) is 1.89. The van der Waals surface area contributed by atoms with Gasteiger partial charge in [-0.1, -0.05) is 57.5 Å². The van der Waals surface area contributed by atoms with Crippen molar-refractivity contribution < 1.29 is 19.4 Å². The second-order valence-electron chi connectivity index (χ2n) is 7.07. The first kappa shape index (κ1) is 22.9. The van der Waals surface area contributed by atoms with Gasteiger partial charge in [0, 0.05) is 13.1 Å². The summed E-state index contributed by atoms with van der Waals surface area (Å²) in [5.74, 6) is -0.152. The van der Waals surface area contributed by atoms with E-state index in [9.17, 15) is 14.7 Å². The second kappa shape index (κ2) is 12.3. The van der Waals surface area contributed by atoms with E-state index < -0.39 is 18.2 Å². The van der Waals surface area contributed by atoms with E-state index in [0.29, 0.717) is 13.0 Å². The molecule has 2 atom stereocenters. The maximum atomic E-state index is 12.6. The lowest BCUT2D eigenvalue weighted by Gasteiger charge is -2.31. The first-order chi connectivity index (χ1) is 12.9. The van der Waals surface area contributed by atoms with Gasteiger partial charge in [0.25, 0.3) is 0 Å². The highest BCUT2D eigenvalue weighted by atomic mass is 16.6. The van der Waals surface area contributed by atoms with Gasteiger partial charge >= 0.3 is 6.09 Å². The monoisotopic (exact) mass is 379 g/mol. The summed E-state index contributed by atoms with van der Waals surface area (Å²) in [5, 5.41) is 13.1. The van der Waals surface area contributed by atoms with Crippen LogP contribution >= 0.6 is 0 Å². The number of aliphatic hydroxyl groups excluding tert-OH is 1. The minimum Gasteiger partial charge on any atom is -0.445 e. The van der Waals surface area contributed by atoms with Gasteiger partial charge in [-0.05, 0) is 17.9 Å². The number of hydrogen-bond donors (Lipinski definition) is 3. The van der Waals surface area contributed by atoms with Crippen molar-refractivity contribution in [3.05, 3.63) is 35.9 Å². The SMILES string of the molecule is CCC[C@H](O)[C@H](CN(CC(C)C)C(=O)OCc1ccccc1)NC(=O)CN. The molecule has 2 amide bonds. The number of aliphatic hydroxyl groups is 1. The van der Waals surface area contributed by atoms with E-state index in [1.807, 2.05) is 51.1 Å². The lowest BCUT2D eigenvalue weighted by molar-refractivity contribution is -0.121. The van der Waals surface area contributed by atoms with Crippen LogP contribution in [0.2, 0.25) is 0 Å². The van der Waals surface area contributed by atoms with Gasteiger partial charge in [-0.25, -0.2) is 4.79 Å². The molecule has 0 bridgehead atoms.